The molecule has 1 heterocycles. The van der Waals surface area contributed by atoms with E-state index in [0.29, 0.717) is 6.54 Å². The molecular formula is C22H28N2O3S. The number of aryl methyl sites for hydroxylation is 2. The number of rotatable bonds is 7. The first-order chi connectivity index (χ1) is 13.3. The van der Waals surface area contributed by atoms with Crippen LogP contribution in [0, 0.1) is 0 Å². The van der Waals surface area contributed by atoms with E-state index >= 15 is 0 Å². The van der Waals surface area contributed by atoms with Crippen molar-refractivity contribution < 1.29 is 13.2 Å². The topological polar surface area (TPSA) is 57.7 Å². The number of fused-ring (bicyclic) bond motifs is 2. The number of benzene rings is 2. The van der Waals surface area contributed by atoms with Gasteiger partial charge in [-0.15, -0.1) is 0 Å². The number of carbonyl (C=O) groups excluding carboxylic acids is 1. The van der Waals surface area contributed by atoms with Crippen LogP contribution >= 0.6 is 0 Å². The fraction of sp³-hybridized carbons (Fsp3) is 0.409. The second-order valence-corrected chi connectivity index (χ2v) is 9.72. The van der Waals surface area contributed by atoms with Crippen molar-refractivity contribution in [3.05, 3.63) is 59.7 Å². The van der Waals surface area contributed by atoms with Crippen molar-refractivity contribution in [2.24, 2.45) is 0 Å². The van der Waals surface area contributed by atoms with Crippen LogP contribution in [0.25, 0.3) is 0 Å². The summed E-state index contributed by atoms with van der Waals surface area (Å²) in [4.78, 5) is 16.2. The first-order valence-electron chi connectivity index (χ1n) is 9.70. The molecule has 0 fully saturated rings. The van der Waals surface area contributed by atoms with Crippen molar-refractivity contribution in [3.63, 3.8) is 0 Å². The molecule has 0 spiro atoms. The van der Waals surface area contributed by atoms with Gasteiger partial charge >= 0.3 is 0 Å². The Morgan fingerprint density at radius 3 is 2.07 bits per heavy atom. The Balaban J connectivity index is 1.68. The highest BCUT2D eigenvalue weighted by Crippen LogP contribution is 2.35. The first kappa shape index (κ1) is 20.4. The molecule has 0 saturated carbocycles. The van der Waals surface area contributed by atoms with Crippen LogP contribution in [0.15, 0.2) is 48.5 Å². The number of hydrogen-bond acceptors (Lipinski definition) is 4. The Morgan fingerprint density at radius 2 is 1.54 bits per heavy atom. The predicted molar refractivity (Wildman–Crippen MR) is 114 cm³/mol. The maximum Gasteiger partial charge on any atom is 0.223 e. The summed E-state index contributed by atoms with van der Waals surface area (Å²) in [6.07, 6.45) is 4.06. The minimum absolute atomic E-state index is 0.0463. The van der Waals surface area contributed by atoms with Crippen molar-refractivity contribution >= 4 is 27.1 Å². The number of amides is 1. The lowest BCUT2D eigenvalue weighted by atomic mass is 10.0. The van der Waals surface area contributed by atoms with Crippen molar-refractivity contribution in [2.75, 3.05) is 37.0 Å². The largest absolute Gasteiger partial charge is 0.346 e. The number of sulfone groups is 1. The zero-order chi connectivity index (χ0) is 20.1. The summed E-state index contributed by atoms with van der Waals surface area (Å²) in [6.45, 7) is 1.40. The van der Waals surface area contributed by atoms with Gasteiger partial charge in [0.2, 0.25) is 5.91 Å². The number of nitrogens with zero attached hydrogens (tertiary/aromatic N) is 2. The molecule has 2 aromatic carbocycles. The van der Waals surface area contributed by atoms with Gasteiger partial charge in [-0.1, -0.05) is 36.4 Å². The van der Waals surface area contributed by atoms with Gasteiger partial charge < -0.3 is 9.80 Å². The fourth-order valence-electron chi connectivity index (χ4n) is 3.67. The molecule has 0 bridgehead atoms. The normalized spacial score (nSPS) is 13.4. The number of carbonyl (C=O) groups is 1. The van der Waals surface area contributed by atoms with E-state index in [-0.39, 0.29) is 18.1 Å². The number of hydrogen-bond donors (Lipinski definition) is 0. The predicted octanol–water partition coefficient (Wildman–Crippen LogP) is 3.21. The molecule has 150 valence electrons. The quantitative estimate of drug-likeness (QED) is 0.716. The van der Waals surface area contributed by atoms with Gasteiger partial charge in [0, 0.05) is 44.2 Å². The summed E-state index contributed by atoms with van der Waals surface area (Å²) in [5, 5.41) is 0. The third-order valence-corrected chi connectivity index (χ3v) is 6.16. The summed E-state index contributed by atoms with van der Waals surface area (Å²) in [7, 11) is -1.37. The van der Waals surface area contributed by atoms with Gasteiger partial charge in [-0.2, -0.15) is 0 Å². The third-order valence-electron chi connectivity index (χ3n) is 5.22. The Labute approximate surface area is 167 Å². The zero-order valence-electron chi connectivity index (χ0n) is 16.6. The summed E-state index contributed by atoms with van der Waals surface area (Å²) >= 11 is 0. The molecule has 0 unspecified atom stereocenters. The molecule has 1 aliphatic rings. The summed E-state index contributed by atoms with van der Waals surface area (Å²) in [5.74, 6) is -0.217. The maximum atomic E-state index is 12.2. The summed E-state index contributed by atoms with van der Waals surface area (Å²) < 4.78 is 22.5. The van der Waals surface area contributed by atoms with Crippen LogP contribution in [0.2, 0.25) is 0 Å². The average Bonchev–Trinajstić information content (AvgIpc) is 2.83. The molecule has 0 saturated heterocycles. The van der Waals surface area contributed by atoms with E-state index in [1.807, 2.05) is 0 Å². The highest BCUT2D eigenvalue weighted by atomic mass is 32.2. The lowest BCUT2D eigenvalue weighted by Crippen LogP contribution is -2.31. The first-order valence-corrected chi connectivity index (χ1v) is 11.8. The van der Waals surface area contributed by atoms with E-state index in [9.17, 15) is 13.2 Å². The SMILES string of the molecule is CN(CCCN1c2ccccc2CCc2ccccc21)C(=O)CCS(C)(=O)=O. The van der Waals surface area contributed by atoms with E-state index in [1.54, 1.807) is 11.9 Å². The third kappa shape index (κ3) is 5.13. The van der Waals surface area contributed by atoms with Gasteiger partial charge in [0.15, 0.2) is 0 Å². The van der Waals surface area contributed by atoms with E-state index in [2.05, 4.69) is 53.4 Å². The van der Waals surface area contributed by atoms with Crippen LogP contribution in [-0.4, -0.2) is 51.4 Å². The molecule has 0 radical (unpaired) electrons. The van der Waals surface area contributed by atoms with Crippen molar-refractivity contribution in [3.8, 4) is 0 Å². The second-order valence-electron chi connectivity index (χ2n) is 7.46. The summed E-state index contributed by atoms with van der Waals surface area (Å²) in [6, 6.07) is 17.0. The van der Waals surface area contributed by atoms with Crippen molar-refractivity contribution in [2.45, 2.75) is 25.7 Å². The molecule has 2 aromatic rings. The highest BCUT2D eigenvalue weighted by Gasteiger charge is 2.20. The van der Waals surface area contributed by atoms with E-state index in [0.717, 1.165) is 32.1 Å². The average molecular weight is 401 g/mol. The van der Waals surface area contributed by atoms with Gasteiger partial charge in [-0.25, -0.2) is 8.42 Å². The van der Waals surface area contributed by atoms with Gasteiger partial charge in [-0.05, 0) is 42.5 Å². The number of anilines is 2. The van der Waals surface area contributed by atoms with Crippen molar-refractivity contribution in [1.29, 1.82) is 0 Å². The lowest BCUT2D eigenvalue weighted by molar-refractivity contribution is -0.129. The van der Waals surface area contributed by atoms with Gasteiger partial charge in [-0.3, -0.25) is 4.79 Å². The molecule has 6 heteroatoms. The molecular weight excluding hydrogens is 372 g/mol. The molecule has 1 aliphatic heterocycles. The van der Waals surface area contributed by atoms with Gasteiger partial charge in [0.05, 0.1) is 5.75 Å². The molecule has 0 aliphatic carbocycles. The Hall–Kier alpha value is -2.34. The zero-order valence-corrected chi connectivity index (χ0v) is 17.4. The molecule has 28 heavy (non-hydrogen) atoms. The van der Waals surface area contributed by atoms with Crippen LogP contribution in [0.1, 0.15) is 24.0 Å². The minimum Gasteiger partial charge on any atom is -0.346 e. The molecule has 1 amide bonds. The Bertz CT molecular complexity index is 893. The van der Waals surface area contributed by atoms with E-state index < -0.39 is 9.84 Å². The maximum absolute atomic E-state index is 12.2. The molecule has 5 nitrogen and oxygen atoms in total. The smallest absolute Gasteiger partial charge is 0.223 e. The molecule has 0 N–H and O–H groups in total. The van der Waals surface area contributed by atoms with Crippen LogP contribution < -0.4 is 4.90 Å². The van der Waals surface area contributed by atoms with Gasteiger partial charge in [0.25, 0.3) is 0 Å². The highest BCUT2D eigenvalue weighted by molar-refractivity contribution is 7.90. The number of para-hydroxylation sites is 2. The fourth-order valence-corrected chi connectivity index (χ4v) is 4.21. The lowest BCUT2D eigenvalue weighted by Gasteiger charge is -2.28. The molecule has 0 atom stereocenters. The second kappa shape index (κ2) is 8.78. The molecule has 3 rings (SSSR count). The van der Waals surface area contributed by atoms with Gasteiger partial charge in [0.1, 0.15) is 9.84 Å². The monoisotopic (exact) mass is 400 g/mol. The van der Waals surface area contributed by atoms with Crippen LogP contribution in [0.5, 0.6) is 0 Å². The van der Waals surface area contributed by atoms with Crippen molar-refractivity contribution in [1.82, 2.24) is 4.90 Å². The summed E-state index contributed by atoms with van der Waals surface area (Å²) in [5.41, 5.74) is 5.16. The minimum atomic E-state index is -3.12. The van der Waals surface area contributed by atoms with Crippen LogP contribution in [-0.2, 0) is 27.5 Å². The Kier molecular flexibility index (Phi) is 6.39. The standard InChI is InChI=1S/C22H28N2O3S/c1-23(22(25)14-17-28(2,26)27)15-7-16-24-20-10-5-3-8-18(20)12-13-19-9-4-6-11-21(19)24/h3-6,8-11H,7,12-17H2,1-2H3. The van der Waals surface area contributed by atoms with Crippen LogP contribution in [0.4, 0.5) is 11.4 Å². The molecule has 0 aromatic heterocycles. The Morgan fingerprint density at radius 1 is 1.00 bits per heavy atom. The van der Waals surface area contributed by atoms with Crippen LogP contribution in [0.3, 0.4) is 0 Å². The van der Waals surface area contributed by atoms with E-state index in [1.165, 1.54) is 22.5 Å². The van der Waals surface area contributed by atoms with E-state index in [4.69, 9.17) is 0 Å².